The van der Waals surface area contributed by atoms with Crippen molar-refractivity contribution in [2.24, 2.45) is 4.99 Å². The maximum Gasteiger partial charge on any atom is 0.232 e. The predicted molar refractivity (Wildman–Crippen MR) is 77.9 cm³/mol. The zero-order chi connectivity index (χ0) is 12.3. The fraction of sp³-hybridized carbons (Fsp3) is 0.750. The Kier molecular flexibility index (Phi) is 8.26. The standard InChI is InChI=1S/C12H21N3S2/c1-2-3-4-5-6-7-8-9-10-13-11-14-15-12(16)17-11/h10H,2-9H2,1H3,(H,15,16)/b13-10+. The molecular formula is C12H21N3S2. The largest absolute Gasteiger partial charge is 0.232 e. The van der Waals surface area contributed by atoms with Crippen molar-refractivity contribution < 1.29 is 0 Å². The third kappa shape index (κ3) is 7.49. The summed E-state index contributed by atoms with van der Waals surface area (Å²) in [6.07, 6.45) is 12.3. The minimum Gasteiger partial charge on any atom is -0.231 e. The molecule has 3 nitrogen and oxygen atoms in total. The van der Waals surface area contributed by atoms with Gasteiger partial charge in [0.15, 0.2) is 4.34 Å². The zero-order valence-electron chi connectivity index (χ0n) is 10.4. The quantitative estimate of drug-likeness (QED) is 0.402. The summed E-state index contributed by atoms with van der Waals surface area (Å²) in [5.74, 6) is 0. The second kappa shape index (κ2) is 9.59. The van der Waals surface area contributed by atoms with Gasteiger partial charge in [0.05, 0.1) is 0 Å². The molecule has 0 atom stereocenters. The molecule has 0 spiro atoms. The first kappa shape index (κ1) is 14.6. The van der Waals surface area contributed by atoms with Gasteiger partial charge < -0.3 is 0 Å². The van der Waals surface area contributed by atoms with Crippen LogP contribution in [0.5, 0.6) is 0 Å². The third-order valence-corrected chi connectivity index (χ3v) is 3.54. The topological polar surface area (TPSA) is 38.1 Å². The lowest BCUT2D eigenvalue weighted by Crippen LogP contribution is -1.81. The van der Waals surface area contributed by atoms with E-state index in [9.17, 15) is 0 Å². The van der Waals surface area contributed by atoms with Crippen LogP contribution >= 0.6 is 24.0 Å². The van der Waals surface area contributed by atoms with E-state index in [1.165, 1.54) is 56.3 Å². The van der Waals surface area contributed by atoms with Crippen LogP contribution in [-0.2, 0) is 0 Å². The van der Waals surface area contributed by atoms with Crippen LogP contribution in [0.15, 0.2) is 9.33 Å². The van der Waals surface area contributed by atoms with Gasteiger partial charge in [-0.05, 0) is 12.8 Å². The fourth-order valence-electron chi connectivity index (χ4n) is 1.60. The van der Waals surface area contributed by atoms with E-state index in [4.69, 9.17) is 0 Å². The van der Waals surface area contributed by atoms with Crippen LogP contribution in [0, 0.1) is 0 Å². The summed E-state index contributed by atoms with van der Waals surface area (Å²) < 4.78 is 0.674. The summed E-state index contributed by atoms with van der Waals surface area (Å²) in [6.45, 7) is 2.25. The molecule has 0 fully saturated rings. The molecule has 1 heterocycles. The Bertz CT molecular complexity index is 323. The fourth-order valence-corrected chi connectivity index (χ4v) is 2.34. The SMILES string of the molecule is CCCCCCCCC/C=N/c1nnc(S)s1. The van der Waals surface area contributed by atoms with Gasteiger partial charge in [0, 0.05) is 6.21 Å². The maximum atomic E-state index is 4.25. The highest BCUT2D eigenvalue weighted by Gasteiger charge is 1.96. The second-order valence-electron chi connectivity index (χ2n) is 4.09. The molecule has 0 radical (unpaired) electrons. The molecule has 0 saturated carbocycles. The first-order valence-electron chi connectivity index (χ1n) is 6.38. The normalized spacial score (nSPS) is 11.4. The van der Waals surface area contributed by atoms with Crippen LogP contribution in [0.3, 0.4) is 0 Å². The summed E-state index contributed by atoms with van der Waals surface area (Å²) in [5.41, 5.74) is 0. The average molecular weight is 271 g/mol. The van der Waals surface area contributed by atoms with E-state index in [0.717, 1.165) is 6.42 Å². The van der Waals surface area contributed by atoms with Gasteiger partial charge in [-0.3, -0.25) is 0 Å². The summed E-state index contributed by atoms with van der Waals surface area (Å²) in [5, 5.41) is 8.38. The van der Waals surface area contributed by atoms with E-state index in [1.54, 1.807) is 0 Å². The molecule has 0 amide bonds. The Morgan fingerprint density at radius 1 is 1.12 bits per heavy atom. The second-order valence-corrected chi connectivity index (χ2v) is 5.77. The minimum absolute atomic E-state index is 0.674. The van der Waals surface area contributed by atoms with Crippen LogP contribution < -0.4 is 0 Å². The lowest BCUT2D eigenvalue weighted by atomic mass is 10.1. The van der Waals surface area contributed by atoms with E-state index < -0.39 is 0 Å². The van der Waals surface area contributed by atoms with Gasteiger partial charge in [-0.1, -0.05) is 56.8 Å². The molecule has 1 aromatic heterocycles. The molecule has 1 aromatic rings. The number of thiol groups is 1. The molecule has 0 N–H and O–H groups in total. The van der Waals surface area contributed by atoms with E-state index in [0.29, 0.717) is 9.47 Å². The molecule has 0 aliphatic heterocycles. The highest BCUT2D eigenvalue weighted by Crippen LogP contribution is 2.20. The van der Waals surface area contributed by atoms with Crippen LogP contribution in [0.25, 0.3) is 0 Å². The van der Waals surface area contributed by atoms with Crippen molar-refractivity contribution in [1.82, 2.24) is 10.2 Å². The van der Waals surface area contributed by atoms with E-state index >= 15 is 0 Å². The number of aliphatic imine (C=N–C) groups is 1. The monoisotopic (exact) mass is 271 g/mol. The summed E-state index contributed by atoms with van der Waals surface area (Å²) in [6, 6.07) is 0. The van der Waals surface area contributed by atoms with Gasteiger partial charge in [0.2, 0.25) is 5.13 Å². The van der Waals surface area contributed by atoms with Crippen molar-refractivity contribution in [3.8, 4) is 0 Å². The number of nitrogens with zero attached hydrogens (tertiary/aromatic N) is 3. The number of rotatable bonds is 9. The molecule has 0 unspecified atom stereocenters. The molecule has 0 aromatic carbocycles. The van der Waals surface area contributed by atoms with Crippen molar-refractivity contribution in [1.29, 1.82) is 0 Å². The van der Waals surface area contributed by atoms with Crippen LogP contribution in [-0.4, -0.2) is 16.4 Å². The van der Waals surface area contributed by atoms with E-state index in [-0.39, 0.29) is 0 Å². The Morgan fingerprint density at radius 2 is 1.82 bits per heavy atom. The van der Waals surface area contributed by atoms with Gasteiger partial charge in [0.25, 0.3) is 0 Å². The molecule has 5 heteroatoms. The summed E-state index contributed by atoms with van der Waals surface area (Å²) in [4.78, 5) is 4.25. The van der Waals surface area contributed by atoms with Crippen LogP contribution in [0.4, 0.5) is 5.13 Å². The van der Waals surface area contributed by atoms with Gasteiger partial charge in [-0.25, -0.2) is 4.99 Å². The molecule has 1 rings (SSSR count). The highest BCUT2D eigenvalue weighted by atomic mass is 32.2. The van der Waals surface area contributed by atoms with Gasteiger partial charge in [-0.15, -0.1) is 22.8 Å². The molecule has 96 valence electrons. The van der Waals surface area contributed by atoms with E-state index in [1.807, 2.05) is 6.21 Å². The van der Waals surface area contributed by atoms with Crippen molar-refractivity contribution in [3.05, 3.63) is 0 Å². The summed E-state index contributed by atoms with van der Waals surface area (Å²) in [7, 11) is 0. The van der Waals surface area contributed by atoms with E-state index in [2.05, 4.69) is 34.7 Å². The lowest BCUT2D eigenvalue weighted by molar-refractivity contribution is 0.596. The van der Waals surface area contributed by atoms with Crippen molar-refractivity contribution in [3.63, 3.8) is 0 Å². The number of hydrogen-bond acceptors (Lipinski definition) is 5. The van der Waals surface area contributed by atoms with Gasteiger partial charge in [-0.2, -0.15) is 0 Å². The molecule has 0 aliphatic carbocycles. The molecule has 0 bridgehead atoms. The van der Waals surface area contributed by atoms with Crippen molar-refractivity contribution in [2.75, 3.05) is 0 Å². The summed E-state index contributed by atoms with van der Waals surface area (Å²) >= 11 is 5.50. The first-order chi connectivity index (χ1) is 8.33. The average Bonchev–Trinajstić information content (AvgIpc) is 2.73. The Balaban J connectivity index is 1.95. The number of aromatic nitrogens is 2. The lowest BCUT2D eigenvalue weighted by Gasteiger charge is -1.98. The molecule has 0 aliphatic rings. The smallest absolute Gasteiger partial charge is 0.231 e. The molecule has 17 heavy (non-hydrogen) atoms. The minimum atomic E-state index is 0.674. The van der Waals surface area contributed by atoms with Crippen LogP contribution in [0.1, 0.15) is 58.3 Å². The molecule has 0 saturated heterocycles. The number of unbranched alkanes of at least 4 members (excludes halogenated alkanes) is 7. The van der Waals surface area contributed by atoms with Gasteiger partial charge >= 0.3 is 0 Å². The Hall–Kier alpha value is -0.420. The van der Waals surface area contributed by atoms with Crippen molar-refractivity contribution in [2.45, 2.75) is 62.6 Å². The third-order valence-electron chi connectivity index (χ3n) is 2.54. The van der Waals surface area contributed by atoms with Crippen LogP contribution in [0.2, 0.25) is 0 Å². The Morgan fingerprint density at radius 3 is 2.47 bits per heavy atom. The first-order valence-corrected chi connectivity index (χ1v) is 7.64. The maximum absolute atomic E-state index is 4.25. The molecular weight excluding hydrogens is 250 g/mol. The van der Waals surface area contributed by atoms with Gasteiger partial charge in [0.1, 0.15) is 0 Å². The Labute approximate surface area is 113 Å². The van der Waals surface area contributed by atoms with Crippen molar-refractivity contribution >= 4 is 35.3 Å². The highest BCUT2D eigenvalue weighted by molar-refractivity contribution is 7.82. The predicted octanol–water partition coefficient (Wildman–Crippen LogP) is 4.67. The number of hydrogen-bond donors (Lipinski definition) is 1. The zero-order valence-corrected chi connectivity index (χ0v) is 12.1.